The van der Waals surface area contributed by atoms with Crippen LogP contribution in [-0.2, 0) is 0 Å². The smallest absolute Gasteiger partial charge is 0.105 e. The molecule has 2 heteroatoms. The van der Waals surface area contributed by atoms with Crippen molar-refractivity contribution in [1.29, 1.82) is 0 Å². The Bertz CT molecular complexity index is 81.6. The second-order valence-electron chi connectivity index (χ2n) is 3.16. The first kappa shape index (κ1) is 11.6. The van der Waals surface area contributed by atoms with Crippen molar-refractivity contribution < 1.29 is 0 Å². The van der Waals surface area contributed by atoms with E-state index < -0.39 is 0 Å². The molecule has 0 bridgehead atoms. The molecule has 0 radical (unpaired) electrons. The van der Waals surface area contributed by atoms with Gasteiger partial charge in [0.25, 0.3) is 0 Å². The highest BCUT2D eigenvalue weighted by Crippen LogP contribution is 2.20. The molecule has 0 aliphatic carbocycles. The Labute approximate surface area is 80.3 Å². The Morgan fingerprint density at radius 3 is 2.18 bits per heavy atom. The summed E-state index contributed by atoms with van der Waals surface area (Å²) in [5.41, 5.74) is 0. The molecule has 1 atom stereocenters. The van der Waals surface area contributed by atoms with E-state index in [4.69, 9.17) is 23.2 Å². The van der Waals surface area contributed by atoms with Gasteiger partial charge in [0.05, 0.1) is 0 Å². The molecule has 0 heterocycles. The summed E-state index contributed by atoms with van der Waals surface area (Å²) in [5.74, 6) is 0.454. The molecule has 0 aliphatic heterocycles. The van der Waals surface area contributed by atoms with E-state index in [1.165, 1.54) is 25.7 Å². The number of alkyl halides is 2. The summed E-state index contributed by atoms with van der Waals surface area (Å²) in [6, 6.07) is 0. The average molecular weight is 197 g/mol. The minimum Gasteiger partial charge on any atom is -0.105 e. The normalized spacial score (nSPS) is 13.9. The van der Waals surface area contributed by atoms with Gasteiger partial charge < -0.3 is 0 Å². The van der Waals surface area contributed by atoms with Crippen molar-refractivity contribution in [2.45, 2.75) is 50.8 Å². The minimum absolute atomic E-state index is 0.184. The number of hydrogen-bond donors (Lipinski definition) is 0. The minimum atomic E-state index is -0.184. The Hall–Kier alpha value is 0.580. The first-order chi connectivity index (χ1) is 5.18. The molecule has 0 saturated heterocycles. The molecule has 0 amide bonds. The van der Waals surface area contributed by atoms with Crippen LogP contribution in [0.3, 0.4) is 0 Å². The van der Waals surface area contributed by atoms with Crippen LogP contribution in [-0.4, -0.2) is 4.84 Å². The Morgan fingerprint density at radius 2 is 1.73 bits per heavy atom. The standard InChI is InChI=1S/C9H18Cl2/c1-3-4-5-6-7-8(2)9(10)11/h8-9H,3-7H2,1-2H3. The fraction of sp³-hybridized carbons (Fsp3) is 1.00. The lowest BCUT2D eigenvalue weighted by Gasteiger charge is -2.10. The predicted molar refractivity (Wildman–Crippen MR) is 53.4 cm³/mol. The van der Waals surface area contributed by atoms with Gasteiger partial charge in [-0.1, -0.05) is 39.5 Å². The molecule has 11 heavy (non-hydrogen) atoms. The fourth-order valence-corrected chi connectivity index (χ4v) is 1.27. The molecule has 0 rings (SSSR count). The van der Waals surface area contributed by atoms with E-state index in [1.54, 1.807) is 0 Å². The Kier molecular flexibility index (Phi) is 7.62. The second kappa shape index (κ2) is 7.24. The number of halogens is 2. The molecule has 0 aliphatic rings. The van der Waals surface area contributed by atoms with Crippen molar-refractivity contribution >= 4 is 23.2 Å². The SMILES string of the molecule is CCCCCCC(C)C(Cl)Cl. The monoisotopic (exact) mass is 196 g/mol. The third-order valence-corrected chi connectivity index (χ3v) is 2.80. The van der Waals surface area contributed by atoms with Crippen molar-refractivity contribution in [3.63, 3.8) is 0 Å². The highest BCUT2D eigenvalue weighted by molar-refractivity contribution is 6.44. The van der Waals surface area contributed by atoms with Crippen LogP contribution in [0.2, 0.25) is 0 Å². The summed E-state index contributed by atoms with van der Waals surface area (Å²) in [4.78, 5) is -0.184. The maximum atomic E-state index is 5.71. The molecular formula is C9H18Cl2. The topological polar surface area (TPSA) is 0 Å². The van der Waals surface area contributed by atoms with Crippen LogP contribution in [0.5, 0.6) is 0 Å². The Morgan fingerprint density at radius 1 is 1.09 bits per heavy atom. The van der Waals surface area contributed by atoms with Crippen LogP contribution >= 0.6 is 23.2 Å². The van der Waals surface area contributed by atoms with Gasteiger partial charge in [-0.3, -0.25) is 0 Å². The van der Waals surface area contributed by atoms with E-state index in [9.17, 15) is 0 Å². The van der Waals surface area contributed by atoms with Gasteiger partial charge in [0.2, 0.25) is 0 Å². The van der Waals surface area contributed by atoms with Gasteiger partial charge in [-0.15, -0.1) is 23.2 Å². The van der Waals surface area contributed by atoms with Crippen LogP contribution in [0.1, 0.15) is 46.0 Å². The van der Waals surface area contributed by atoms with Crippen molar-refractivity contribution in [3.05, 3.63) is 0 Å². The molecule has 0 fully saturated rings. The lowest BCUT2D eigenvalue weighted by Crippen LogP contribution is -2.03. The summed E-state index contributed by atoms with van der Waals surface area (Å²) < 4.78 is 0. The predicted octanol–water partition coefficient (Wildman–Crippen LogP) is 4.40. The van der Waals surface area contributed by atoms with E-state index in [0.29, 0.717) is 5.92 Å². The highest BCUT2D eigenvalue weighted by Gasteiger charge is 2.09. The zero-order valence-electron chi connectivity index (χ0n) is 7.45. The summed E-state index contributed by atoms with van der Waals surface area (Å²) >= 11 is 11.4. The van der Waals surface area contributed by atoms with E-state index >= 15 is 0 Å². The van der Waals surface area contributed by atoms with Gasteiger partial charge in [0.15, 0.2) is 0 Å². The molecule has 0 aromatic rings. The highest BCUT2D eigenvalue weighted by atomic mass is 35.5. The van der Waals surface area contributed by atoms with Crippen LogP contribution in [0.25, 0.3) is 0 Å². The molecule has 1 unspecified atom stereocenters. The Balaban J connectivity index is 3.10. The molecule has 68 valence electrons. The van der Waals surface area contributed by atoms with Crippen LogP contribution in [0.4, 0.5) is 0 Å². The van der Waals surface area contributed by atoms with Crippen LogP contribution in [0, 0.1) is 5.92 Å². The number of hydrogen-bond acceptors (Lipinski definition) is 0. The summed E-state index contributed by atoms with van der Waals surface area (Å²) in [6.45, 7) is 4.33. The fourth-order valence-electron chi connectivity index (χ4n) is 1.02. The molecule has 0 N–H and O–H groups in total. The maximum absolute atomic E-state index is 5.71. The van der Waals surface area contributed by atoms with Gasteiger partial charge in [-0.2, -0.15) is 0 Å². The zero-order chi connectivity index (χ0) is 8.69. The lowest BCUT2D eigenvalue weighted by molar-refractivity contribution is 0.514. The molecule has 0 aromatic heterocycles. The van der Waals surface area contributed by atoms with Gasteiger partial charge in [-0.25, -0.2) is 0 Å². The van der Waals surface area contributed by atoms with Gasteiger partial charge >= 0.3 is 0 Å². The van der Waals surface area contributed by atoms with Crippen LogP contribution < -0.4 is 0 Å². The van der Waals surface area contributed by atoms with Crippen molar-refractivity contribution in [2.24, 2.45) is 5.92 Å². The second-order valence-corrected chi connectivity index (χ2v) is 4.32. The van der Waals surface area contributed by atoms with Gasteiger partial charge in [-0.05, 0) is 12.3 Å². The van der Waals surface area contributed by atoms with E-state index in [0.717, 1.165) is 6.42 Å². The molecule has 0 aromatic carbocycles. The molecule has 0 nitrogen and oxygen atoms in total. The van der Waals surface area contributed by atoms with Crippen molar-refractivity contribution in [2.75, 3.05) is 0 Å². The number of unbranched alkanes of at least 4 members (excludes halogenated alkanes) is 3. The molecule has 0 saturated carbocycles. The maximum Gasteiger partial charge on any atom is 0.110 e. The third kappa shape index (κ3) is 6.96. The van der Waals surface area contributed by atoms with E-state index in [1.807, 2.05) is 0 Å². The van der Waals surface area contributed by atoms with Gasteiger partial charge in [0.1, 0.15) is 4.84 Å². The van der Waals surface area contributed by atoms with Gasteiger partial charge in [0, 0.05) is 0 Å². The zero-order valence-corrected chi connectivity index (χ0v) is 8.96. The van der Waals surface area contributed by atoms with E-state index in [2.05, 4.69) is 13.8 Å². The third-order valence-electron chi connectivity index (χ3n) is 1.94. The van der Waals surface area contributed by atoms with E-state index in [-0.39, 0.29) is 4.84 Å². The van der Waals surface area contributed by atoms with Crippen LogP contribution in [0.15, 0.2) is 0 Å². The summed E-state index contributed by atoms with van der Waals surface area (Å²) in [5, 5.41) is 0. The first-order valence-corrected chi connectivity index (χ1v) is 5.34. The number of rotatable bonds is 6. The van der Waals surface area contributed by atoms with Crippen molar-refractivity contribution in [1.82, 2.24) is 0 Å². The quantitative estimate of drug-likeness (QED) is 0.437. The first-order valence-electron chi connectivity index (χ1n) is 4.46. The van der Waals surface area contributed by atoms with Crippen molar-refractivity contribution in [3.8, 4) is 0 Å². The molecular weight excluding hydrogens is 179 g/mol. The largest absolute Gasteiger partial charge is 0.110 e. The summed E-state index contributed by atoms with van der Waals surface area (Å²) in [6.07, 6.45) is 6.38. The lowest BCUT2D eigenvalue weighted by atomic mass is 10.0. The average Bonchev–Trinajstić information content (AvgIpc) is 1.97. The summed E-state index contributed by atoms with van der Waals surface area (Å²) in [7, 11) is 0. The molecule has 0 spiro atoms.